The van der Waals surface area contributed by atoms with Crippen LogP contribution in [0.15, 0.2) is 84.9 Å². The average molecular weight is 407 g/mol. The van der Waals surface area contributed by atoms with Gasteiger partial charge in [0.25, 0.3) is 0 Å². The lowest BCUT2D eigenvalue weighted by atomic mass is 9.94. The van der Waals surface area contributed by atoms with E-state index in [1.54, 1.807) is 28.9 Å². The Kier molecular flexibility index (Phi) is 5.63. The summed E-state index contributed by atoms with van der Waals surface area (Å²) in [4.78, 5) is 12.4. The number of benzene rings is 3. The third kappa shape index (κ3) is 4.10. The van der Waals surface area contributed by atoms with E-state index >= 15 is 0 Å². The molecule has 0 radical (unpaired) electrons. The second kappa shape index (κ2) is 8.68. The number of carboxylic acid groups (broad SMARTS) is 1. The zero-order valence-electron chi connectivity index (χ0n) is 17.1. The molecule has 0 bridgehead atoms. The Labute approximate surface area is 180 Å². The van der Waals surface area contributed by atoms with Crippen molar-refractivity contribution in [2.75, 3.05) is 0 Å². The molecule has 0 spiro atoms. The molecule has 4 rings (SSSR count). The van der Waals surface area contributed by atoms with Gasteiger partial charge in [0.05, 0.1) is 28.7 Å². The molecule has 0 fully saturated rings. The van der Waals surface area contributed by atoms with Crippen LogP contribution in [0.3, 0.4) is 0 Å². The fraction of sp³-hybridized carbons (Fsp3) is 0.115. The highest BCUT2D eigenvalue weighted by Crippen LogP contribution is 2.32. The lowest BCUT2D eigenvalue weighted by molar-refractivity contribution is 0.0696. The number of rotatable bonds is 6. The van der Waals surface area contributed by atoms with Gasteiger partial charge in [-0.1, -0.05) is 67.6 Å². The summed E-state index contributed by atoms with van der Waals surface area (Å²) < 4.78 is 1.67. The maximum atomic E-state index is 12.4. The second-order valence-electron chi connectivity index (χ2n) is 7.43. The number of hydrogen-bond acceptors (Lipinski definition) is 3. The number of nitrogens with zero attached hydrogens (tertiary/aromatic N) is 3. The topological polar surface area (TPSA) is 78.9 Å². The van der Waals surface area contributed by atoms with Gasteiger partial charge in [-0.05, 0) is 42.2 Å². The average Bonchev–Trinajstić information content (AvgIpc) is 3.19. The van der Waals surface area contributed by atoms with Crippen molar-refractivity contribution in [2.45, 2.75) is 19.3 Å². The van der Waals surface area contributed by atoms with Gasteiger partial charge in [0.15, 0.2) is 0 Å². The smallest absolute Gasteiger partial charge is 0.339 e. The summed E-state index contributed by atoms with van der Waals surface area (Å²) in [5.74, 6) is -0.902. The minimum Gasteiger partial charge on any atom is -0.478 e. The summed E-state index contributed by atoms with van der Waals surface area (Å²) in [6.07, 6.45) is 0.495. The van der Waals surface area contributed by atoms with Crippen molar-refractivity contribution in [1.29, 1.82) is 5.26 Å². The third-order valence-corrected chi connectivity index (χ3v) is 5.33. The van der Waals surface area contributed by atoms with E-state index in [1.807, 2.05) is 60.7 Å². The van der Waals surface area contributed by atoms with Crippen LogP contribution >= 0.6 is 0 Å². The van der Waals surface area contributed by atoms with Gasteiger partial charge < -0.3 is 5.11 Å². The highest BCUT2D eigenvalue weighted by atomic mass is 16.4. The first-order valence-corrected chi connectivity index (χ1v) is 10.0. The predicted octanol–water partition coefficient (Wildman–Crippen LogP) is 5.46. The van der Waals surface area contributed by atoms with Crippen molar-refractivity contribution in [1.82, 2.24) is 9.78 Å². The largest absolute Gasteiger partial charge is 0.478 e. The number of carbonyl (C=O) groups is 1. The van der Waals surface area contributed by atoms with Crippen LogP contribution < -0.4 is 0 Å². The monoisotopic (exact) mass is 407 g/mol. The molecule has 1 heterocycles. The van der Waals surface area contributed by atoms with Gasteiger partial charge in [-0.25, -0.2) is 9.48 Å². The number of nitriles is 1. The van der Waals surface area contributed by atoms with Crippen molar-refractivity contribution in [3.63, 3.8) is 0 Å². The van der Waals surface area contributed by atoms with E-state index in [1.165, 1.54) is 0 Å². The molecule has 1 unspecified atom stereocenters. The molecule has 0 saturated carbocycles. The molecule has 31 heavy (non-hydrogen) atoms. The standard InChI is InChI=1S/C26H21N3O2/c1-18(20-8-4-2-5-9-20)16-23-24(26(30)31)25(21-10-6-3-7-11-21)29(28-23)22-14-12-19(17-27)13-15-22/h2-15,18H,16H2,1H3,(H,30,31). The Bertz CT molecular complexity index is 1240. The summed E-state index contributed by atoms with van der Waals surface area (Å²) in [5.41, 5.74) is 4.43. The Morgan fingerprint density at radius 1 is 1.00 bits per heavy atom. The highest BCUT2D eigenvalue weighted by molar-refractivity contribution is 5.96. The fourth-order valence-corrected chi connectivity index (χ4v) is 3.75. The van der Waals surface area contributed by atoms with Crippen LogP contribution in [-0.2, 0) is 6.42 Å². The molecule has 0 amide bonds. The minimum atomic E-state index is -1.01. The summed E-state index contributed by atoms with van der Waals surface area (Å²) >= 11 is 0. The molecule has 1 N–H and O–H groups in total. The number of aromatic carboxylic acids is 1. The maximum absolute atomic E-state index is 12.4. The van der Waals surface area contributed by atoms with E-state index in [0.717, 1.165) is 11.1 Å². The molecule has 0 aliphatic carbocycles. The van der Waals surface area contributed by atoms with Gasteiger partial charge in [-0.3, -0.25) is 0 Å². The normalized spacial score (nSPS) is 11.6. The Hall–Kier alpha value is -4.17. The molecule has 1 atom stereocenters. The van der Waals surface area contributed by atoms with Gasteiger partial charge in [0, 0.05) is 5.56 Å². The second-order valence-corrected chi connectivity index (χ2v) is 7.43. The molecular weight excluding hydrogens is 386 g/mol. The zero-order chi connectivity index (χ0) is 21.8. The zero-order valence-corrected chi connectivity index (χ0v) is 17.1. The van der Waals surface area contributed by atoms with E-state index in [9.17, 15) is 9.90 Å². The Morgan fingerprint density at radius 2 is 1.61 bits per heavy atom. The third-order valence-electron chi connectivity index (χ3n) is 5.33. The fourth-order valence-electron chi connectivity index (χ4n) is 3.75. The molecule has 1 aromatic heterocycles. The van der Waals surface area contributed by atoms with E-state index in [2.05, 4.69) is 13.0 Å². The number of carboxylic acids is 1. The van der Waals surface area contributed by atoms with Gasteiger partial charge in [-0.2, -0.15) is 10.4 Å². The van der Waals surface area contributed by atoms with E-state index < -0.39 is 5.97 Å². The number of aromatic nitrogens is 2. The Balaban J connectivity index is 1.88. The van der Waals surface area contributed by atoms with Gasteiger partial charge >= 0.3 is 5.97 Å². The summed E-state index contributed by atoms with van der Waals surface area (Å²) in [6, 6.07) is 28.5. The molecule has 0 saturated heterocycles. The van der Waals surface area contributed by atoms with Crippen molar-refractivity contribution in [3.05, 3.63) is 107 Å². The molecule has 152 valence electrons. The molecular formula is C26H21N3O2. The van der Waals surface area contributed by atoms with Crippen LogP contribution in [0.2, 0.25) is 0 Å². The van der Waals surface area contributed by atoms with Gasteiger partial charge in [0.2, 0.25) is 0 Å². The van der Waals surface area contributed by atoms with Crippen molar-refractivity contribution >= 4 is 5.97 Å². The summed E-state index contributed by atoms with van der Waals surface area (Å²) in [5, 5.41) is 24.0. The van der Waals surface area contributed by atoms with Crippen LogP contribution in [-0.4, -0.2) is 20.9 Å². The van der Waals surface area contributed by atoms with Crippen LogP contribution in [0.4, 0.5) is 0 Å². The van der Waals surface area contributed by atoms with Gasteiger partial charge in [0.1, 0.15) is 5.56 Å². The van der Waals surface area contributed by atoms with E-state index in [-0.39, 0.29) is 11.5 Å². The number of hydrogen-bond donors (Lipinski definition) is 1. The molecule has 0 aliphatic heterocycles. The molecule has 0 aliphatic rings. The van der Waals surface area contributed by atoms with Crippen LogP contribution in [0.1, 0.15) is 40.0 Å². The lowest BCUT2D eigenvalue weighted by Gasteiger charge is -2.10. The SMILES string of the molecule is CC(Cc1nn(-c2ccc(C#N)cc2)c(-c2ccccc2)c1C(=O)O)c1ccccc1. The van der Waals surface area contributed by atoms with Crippen LogP contribution in [0.5, 0.6) is 0 Å². The molecule has 5 nitrogen and oxygen atoms in total. The molecule has 4 aromatic rings. The van der Waals surface area contributed by atoms with E-state index in [4.69, 9.17) is 10.4 Å². The first-order chi connectivity index (χ1) is 15.1. The minimum absolute atomic E-state index is 0.104. The Morgan fingerprint density at radius 3 is 2.19 bits per heavy atom. The van der Waals surface area contributed by atoms with Crippen molar-refractivity contribution in [2.24, 2.45) is 0 Å². The van der Waals surface area contributed by atoms with Crippen LogP contribution in [0.25, 0.3) is 16.9 Å². The molecule has 5 heteroatoms. The lowest BCUT2D eigenvalue weighted by Crippen LogP contribution is -2.06. The predicted molar refractivity (Wildman–Crippen MR) is 119 cm³/mol. The van der Waals surface area contributed by atoms with Crippen molar-refractivity contribution in [3.8, 4) is 23.0 Å². The molecule has 3 aromatic carbocycles. The summed E-state index contributed by atoms with van der Waals surface area (Å²) in [7, 11) is 0. The van der Waals surface area contributed by atoms with E-state index in [0.29, 0.717) is 29.1 Å². The first-order valence-electron chi connectivity index (χ1n) is 10.0. The quantitative estimate of drug-likeness (QED) is 0.461. The summed E-state index contributed by atoms with van der Waals surface area (Å²) in [6.45, 7) is 2.07. The van der Waals surface area contributed by atoms with Crippen LogP contribution in [0, 0.1) is 11.3 Å². The highest BCUT2D eigenvalue weighted by Gasteiger charge is 2.26. The van der Waals surface area contributed by atoms with Crippen molar-refractivity contribution < 1.29 is 9.90 Å². The van der Waals surface area contributed by atoms with Gasteiger partial charge in [-0.15, -0.1) is 0 Å². The maximum Gasteiger partial charge on any atom is 0.339 e. The first kappa shape index (κ1) is 20.1.